The first-order valence-electron chi connectivity index (χ1n) is 39.2. The maximum absolute atomic E-state index is 18.0. The van der Waals surface area contributed by atoms with Crippen LogP contribution < -0.4 is 64.6 Å². The fraction of sp³-hybridized carbons (Fsp3) is 0.167. The number of H-pyrrole nitrogens is 3. The topological polar surface area (TPSA) is 198 Å². The van der Waals surface area contributed by atoms with Crippen molar-refractivity contribution in [3.05, 3.63) is 309 Å². The number of aromatic nitrogens is 4. The minimum Gasteiger partial charge on any atom is -0.354 e. The summed E-state index contributed by atoms with van der Waals surface area (Å²) < 4.78 is 138. The number of hydrogen-bond donors (Lipinski definition) is 11. The van der Waals surface area contributed by atoms with Crippen molar-refractivity contribution in [3.8, 4) is 0 Å². The lowest BCUT2D eigenvalue weighted by Gasteiger charge is -2.26. The van der Waals surface area contributed by atoms with E-state index in [0.29, 0.717) is 85.2 Å². The SMILES string of the molecule is Cc1ccc(Nc2cc3c4[nH]c(c3c(Nc3ccc(C)cc3C)c2Nc2ccc(C)cc2C)N=c2c3c(Nc5ccc(C)cc5C)c(Nc5ccc(C)cc5C)c(Nc5ccc(C)cc5C)c(Nc5ccc(C)cc5C)c3c(n2Nc2ccc(C)cc2C)=Nc2[nH]c(c3c(F)c(F)c(F)c(F)c23)N=c2[nH]c(c3c(F)c(F)c(F)c(F)c23)=N4)c(C)c1. The number of rotatable bonds is 16. The predicted molar refractivity (Wildman–Crippen MR) is 469 cm³/mol. The van der Waals surface area contributed by atoms with Crippen LogP contribution in [0.2, 0.25) is 0 Å². The molecular formula is C96H84F8N16. The number of benzene rings is 12. The fourth-order valence-corrected chi connectivity index (χ4v) is 16.3. The van der Waals surface area contributed by atoms with Crippen LogP contribution in [0, 0.1) is 157 Å². The number of nitrogens with one attached hydrogen (secondary N) is 11. The van der Waals surface area contributed by atoms with Gasteiger partial charge in [-0.2, -0.15) is 0 Å². The maximum Gasteiger partial charge on any atom is 0.198 e. The van der Waals surface area contributed by atoms with Crippen molar-refractivity contribution >= 4 is 152 Å². The average Bonchev–Trinajstić information content (AvgIpc) is 1.54. The minimum atomic E-state index is -2.27. The largest absolute Gasteiger partial charge is 0.354 e. The highest BCUT2D eigenvalue weighted by molar-refractivity contribution is 6.19. The highest BCUT2D eigenvalue weighted by atomic mass is 19.2. The quantitative estimate of drug-likeness (QED) is 0.0255. The average molecular weight is 1610 g/mol. The summed E-state index contributed by atoms with van der Waals surface area (Å²) in [6.07, 6.45) is 0. The van der Waals surface area contributed by atoms with Gasteiger partial charge >= 0.3 is 0 Å². The molecule has 0 spiro atoms. The Morgan fingerprint density at radius 2 is 0.483 bits per heavy atom. The van der Waals surface area contributed by atoms with Crippen LogP contribution in [0.5, 0.6) is 0 Å². The molecule has 0 radical (unpaired) electrons. The van der Waals surface area contributed by atoms with Crippen molar-refractivity contribution in [3.63, 3.8) is 0 Å². The first-order valence-corrected chi connectivity index (χ1v) is 39.2. The molecule has 1 aliphatic heterocycles. The summed E-state index contributed by atoms with van der Waals surface area (Å²) in [4.78, 5) is 30.5. The molecule has 8 bridgehead atoms. The summed E-state index contributed by atoms with van der Waals surface area (Å²) in [5.41, 5.74) is 23.8. The number of hydrogen-bond acceptors (Lipinski definition) is 12. The molecule has 0 atom stereocenters. The molecule has 0 aliphatic carbocycles. The van der Waals surface area contributed by atoms with E-state index in [9.17, 15) is 0 Å². The van der Waals surface area contributed by atoms with Crippen molar-refractivity contribution in [2.24, 2.45) is 20.0 Å². The third kappa shape index (κ3) is 13.8. The lowest BCUT2D eigenvalue weighted by Crippen LogP contribution is -2.33. The van der Waals surface area contributed by atoms with E-state index in [4.69, 9.17) is 15.0 Å². The molecule has 120 heavy (non-hydrogen) atoms. The summed E-state index contributed by atoms with van der Waals surface area (Å²) in [7, 11) is 0. The third-order valence-electron chi connectivity index (χ3n) is 22.4. The highest BCUT2D eigenvalue weighted by Crippen LogP contribution is 2.53. The van der Waals surface area contributed by atoms with Crippen molar-refractivity contribution in [1.29, 1.82) is 0 Å². The molecular weight excluding hydrogens is 1530 g/mol. The van der Waals surface area contributed by atoms with Gasteiger partial charge in [0, 0.05) is 45.2 Å². The normalized spacial score (nSPS) is 11.9. The Morgan fingerprint density at radius 1 is 0.225 bits per heavy atom. The molecule has 0 amide bonds. The summed E-state index contributed by atoms with van der Waals surface area (Å²) in [6, 6.07) is 49.4. The van der Waals surface area contributed by atoms with Gasteiger partial charge in [-0.1, -0.05) is 142 Å². The van der Waals surface area contributed by atoms with Crippen molar-refractivity contribution < 1.29 is 35.1 Å². The molecule has 1 aliphatic rings. The standard InChI is InChI=1S/C96H84F8N16/c1-42-17-25-59(50(9)33-42)105-67-41-58-68(84(107-61-27-19-44(3)35-52(61)11)83(67)106-60-26-18-43(2)34-51(60)10)90-112-89(58)113-91-69-70(76(98)80(102)79(101)75(69)97)92(114-91)115-93-71-72(78(100)82(104)81(103)77(71)99)94(116-93)118-96-74-73(95(117-90)120(96)119-66-32-24-49(8)40-57(66)16)85(108-62-28-20-45(4)36-53(62)12)87(110-64-30-22-47(6)38-55(64)14)88(111-65-31-23-48(7)39-56(65)15)86(74)109-63-29-21-46(5)37-54(63)13/h17-41,105-111,119H,1-16H3,(H3,112,113,114,115,116,117,118). The molecule has 24 heteroatoms. The Morgan fingerprint density at radius 3 is 0.817 bits per heavy atom. The number of anilines is 15. The van der Waals surface area contributed by atoms with Gasteiger partial charge in [0.05, 0.1) is 83.2 Å². The van der Waals surface area contributed by atoms with Crippen LogP contribution in [-0.2, 0) is 0 Å². The molecule has 4 aromatic heterocycles. The Balaban J connectivity index is 1.20. The van der Waals surface area contributed by atoms with Crippen LogP contribution in [0.25, 0.3) is 43.1 Å². The van der Waals surface area contributed by atoms with E-state index in [1.54, 1.807) is 4.68 Å². The molecule has 11 N–H and O–H groups in total. The van der Waals surface area contributed by atoms with Crippen molar-refractivity contribution in [2.45, 2.75) is 111 Å². The smallest absolute Gasteiger partial charge is 0.198 e. The van der Waals surface area contributed by atoms with E-state index in [1.807, 2.05) is 250 Å². The Hall–Kier alpha value is -14.2. The molecule has 16 nitrogen and oxygen atoms in total. The van der Waals surface area contributed by atoms with Crippen LogP contribution in [0.1, 0.15) is 89.0 Å². The van der Waals surface area contributed by atoms with Gasteiger partial charge in [-0.15, -0.1) is 0 Å². The van der Waals surface area contributed by atoms with Gasteiger partial charge in [0.15, 0.2) is 57.5 Å². The van der Waals surface area contributed by atoms with E-state index >= 15 is 35.1 Å². The van der Waals surface area contributed by atoms with Gasteiger partial charge in [0.1, 0.15) is 34.2 Å². The fourth-order valence-electron chi connectivity index (χ4n) is 16.3. The zero-order chi connectivity index (χ0) is 84.6. The summed E-state index contributed by atoms with van der Waals surface area (Å²) in [6.45, 7) is 31.6. The van der Waals surface area contributed by atoms with Gasteiger partial charge in [-0.05, 0) is 210 Å². The number of halogens is 8. The Bertz CT molecular complexity index is 7370. The van der Waals surface area contributed by atoms with Gasteiger partial charge in [0.2, 0.25) is 0 Å². The minimum absolute atomic E-state index is 0.00914. The zero-order valence-corrected chi connectivity index (χ0v) is 68.7. The van der Waals surface area contributed by atoms with Crippen molar-refractivity contribution in [2.75, 3.05) is 42.6 Å². The number of nitrogens with zero attached hydrogens (tertiary/aromatic N) is 5. The first kappa shape index (κ1) is 78.4. The molecule has 0 fully saturated rings. The molecule has 12 aromatic carbocycles. The lowest BCUT2D eigenvalue weighted by atomic mass is 10.0. The van der Waals surface area contributed by atoms with Crippen LogP contribution in [0.4, 0.5) is 144 Å². The summed E-state index contributed by atoms with van der Waals surface area (Å²) in [5.74, 6) is -18.6. The lowest BCUT2D eigenvalue weighted by molar-refractivity contribution is 0.418. The second-order valence-corrected chi connectivity index (χ2v) is 31.8. The Labute approximate surface area is 685 Å². The molecule has 0 saturated heterocycles. The maximum atomic E-state index is 18.0. The highest BCUT2D eigenvalue weighted by Gasteiger charge is 2.34. The molecule has 0 unspecified atom stereocenters. The molecule has 17 rings (SSSR count). The van der Waals surface area contributed by atoms with Crippen LogP contribution >= 0.6 is 0 Å². The molecule has 604 valence electrons. The van der Waals surface area contributed by atoms with E-state index in [-0.39, 0.29) is 49.8 Å². The van der Waals surface area contributed by atoms with Gasteiger partial charge < -0.3 is 52.2 Å². The van der Waals surface area contributed by atoms with Crippen LogP contribution in [0.3, 0.4) is 0 Å². The number of aryl methyl sites for hydroxylation is 16. The Kier molecular flexibility index (Phi) is 19.6. The molecule has 5 heterocycles. The van der Waals surface area contributed by atoms with E-state index < -0.39 is 90.7 Å². The van der Waals surface area contributed by atoms with Crippen molar-refractivity contribution in [1.82, 2.24) is 19.6 Å². The van der Waals surface area contributed by atoms with Crippen LogP contribution in [0.15, 0.2) is 172 Å². The van der Waals surface area contributed by atoms with E-state index in [1.165, 1.54) is 0 Å². The van der Waals surface area contributed by atoms with Gasteiger partial charge in [-0.25, -0.2) is 59.8 Å². The predicted octanol–water partition coefficient (Wildman–Crippen LogP) is 25.3. The molecule has 0 saturated carbocycles. The van der Waals surface area contributed by atoms with E-state index in [2.05, 4.69) is 74.7 Å². The van der Waals surface area contributed by atoms with Crippen LogP contribution in [-0.4, -0.2) is 19.6 Å². The summed E-state index contributed by atoms with van der Waals surface area (Å²) >= 11 is 0. The first-order chi connectivity index (χ1) is 57.3. The van der Waals surface area contributed by atoms with E-state index in [0.717, 1.165) is 83.5 Å². The number of aromatic amines is 3. The second kappa shape index (κ2) is 30.1. The summed E-state index contributed by atoms with van der Waals surface area (Å²) in [5, 5.41) is 24.1. The van der Waals surface area contributed by atoms with Gasteiger partial charge in [-0.3, -0.25) is 5.43 Å². The van der Waals surface area contributed by atoms with Gasteiger partial charge in [0.25, 0.3) is 0 Å². The second-order valence-electron chi connectivity index (χ2n) is 31.8. The zero-order valence-electron chi connectivity index (χ0n) is 68.7. The number of fused-ring (bicyclic) bond motifs is 20. The monoisotopic (exact) mass is 1610 g/mol. The third-order valence-corrected chi connectivity index (χ3v) is 22.4. The molecule has 16 aromatic rings.